The molecule has 0 spiro atoms. The number of methoxy groups -OCH3 is 1. The molecule has 1 atom stereocenters. The maximum absolute atomic E-state index is 9.61. The molecule has 0 radical (unpaired) electrons. The van der Waals surface area contributed by atoms with E-state index in [1.54, 1.807) is 18.4 Å². The third kappa shape index (κ3) is 5.63. The van der Waals surface area contributed by atoms with Gasteiger partial charge in [-0.1, -0.05) is 11.8 Å². The topological polar surface area (TPSA) is 52.9 Å². The first-order chi connectivity index (χ1) is 8.65. The van der Waals surface area contributed by atoms with E-state index in [9.17, 15) is 5.11 Å². The molecule has 4 nitrogen and oxygen atoms in total. The van der Waals surface area contributed by atoms with Gasteiger partial charge in [-0.3, -0.25) is 4.90 Å². The van der Waals surface area contributed by atoms with Crippen LogP contribution in [0.25, 0.3) is 0 Å². The molecule has 1 heterocycles. The van der Waals surface area contributed by atoms with Gasteiger partial charge in [0.05, 0.1) is 12.7 Å². The number of likely N-dealkylation sites (N-methyl/N-ethyl adjacent to an activating group) is 1. The van der Waals surface area contributed by atoms with Crippen molar-refractivity contribution in [2.45, 2.75) is 12.6 Å². The second kappa shape index (κ2) is 8.25. The van der Waals surface area contributed by atoms with Crippen molar-refractivity contribution in [1.82, 2.24) is 4.90 Å². The molecule has 100 valence electrons. The summed E-state index contributed by atoms with van der Waals surface area (Å²) in [4.78, 5) is 3.23. The van der Waals surface area contributed by atoms with E-state index in [0.29, 0.717) is 13.2 Å². The molecule has 0 aliphatic carbocycles. The Morgan fingerprint density at radius 1 is 1.56 bits per heavy atom. The van der Waals surface area contributed by atoms with Gasteiger partial charge in [0.1, 0.15) is 6.61 Å². The third-order valence-corrected chi connectivity index (χ3v) is 3.19. The molecule has 0 bridgehead atoms. The zero-order valence-electron chi connectivity index (χ0n) is 10.7. The second-order valence-corrected chi connectivity index (χ2v) is 5.06. The van der Waals surface area contributed by atoms with Crippen LogP contribution in [-0.4, -0.2) is 55.1 Å². The van der Waals surface area contributed by atoms with E-state index in [1.807, 2.05) is 23.4 Å². The lowest BCUT2D eigenvalue weighted by Gasteiger charge is -2.19. The van der Waals surface area contributed by atoms with Crippen LogP contribution in [0.2, 0.25) is 0 Å². The SMILES string of the molecule is COCC(O)CN(C)Cc1cc(C#CCO)cs1. The van der Waals surface area contributed by atoms with Crippen molar-refractivity contribution >= 4 is 11.3 Å². The van der Waals surface area contributed by atoms with Gasteiger partial charge in [-0.15, -0.1) is 11.3 Å². The summed E-state index contributed by atoms with van der Waals surface area (Å²) >= 11 is 1.63. The zero-order chi connectivity index (χ0) is 13.4. The first-order valence-corrected chi connectivity index (χ1v) is 6.56. The van der Waals surface area contributed by atoms with Gasteiger partial charge < -0.3 is 14.9 Å². The van der Waals surface area contributed by atoms with Crippen molar-refractivity contribution in [2.75, 3.05) is 33.9 Å². The lowest BCUT2D eigenvalue weighted by atomic mass is 10.3. The third-order valence-electron chi connectivity index (χ3n) is 2.27. The predicted octanol–water partition coefficient (Wildman–Crippen LogP) is 0.531. The van der Waals surface area contributed by atoms with Crippen molar-refractivity contribution in [3.8, 4) is 11.8 Å². The zero-order valence-corrected chi connectivity index (χ0v) is 11.5. The van der Waals surface area contributed by atoms with Crippen LogP contribution in [0.15, 0.2) is 11.4 Å². The van der Waals surface area contributed by atoms with Crippen LogP contribution < -0.4 is 0 Å². The van der Waals surface area contributed by atoms with Crippen molar-refractivity contribution in [3.05, 3.63) is 21.9 Å². The van der Waals surface area contributed by atoms with Gasteiger partial charge in [0.25, 0.3) is 0 Å². The number of hydrogen-bond acceptors (Lipinski definition) is 5. The Bertz CT molecular complexity index is 408. The number of rotatable bonds is 6. The fourth-order valence-electron chi connectivity index (χ4n) is 1.61. The molecule has 1 rings (SSSR count). The molecule has 0 aliphatic rings. The second-order valence-electron chi connectivity index (χ2n) is 4.07. The van der Waals surface area contributed by atoms with Crippen LogP contribution in [0.4, 0.5) is 0 Å². The molecule has 2 N–H and O–H groups in total. The Kier molecular flexibility index (Phi) is 6.94. The van der Waals surface area contributed by atoms with Gasteiger partial charge in [-0.25, -0.2) is 0 Å². The predicted molar refractivity (Wildman–Crippen MR) is 72.5 cm³/mol. The molecule has 0 saturated carbocycles. The van der Waals surface area contributed by atoms with E-state index < -0.39 is 6.10 Å². The summed E-state index contributed by atoms with van der Waals surface area (Å²) < 4.78 is 4.89. The molecule has 1 unspecified atom stereocenters. The number of ether oxygens (including phenoxy) is 1. The van der Waals surface area contributed by atoms with Crippen LogP contribution in [0.1, 0.15) is 10.4 Å². The van der Waals surface area contributed by atoms with Gasteiger partial charge in [-0.2, -0.15) is 0 Å². The van der Waals surface area contributed by atoms with Gasteiger partial charge in [0.15, 0.2) is 0 Å². The minimum absolute atomic E-state index is 0.117. The van der Waals surface area contributed by atoms with Crippen LogP contribution in [0.5, 0.6) is 0 Å². The highest BCUT2D eigenvalue weighted by molar-refractivity contribution is 7.10. The maximum Gasteiger partial charge on any atom is 0.104 e. The fraction of sp³-hybridized carbons (Fsp3) is 0.538. The number of nitrogens with zero attached hydrogens (tertiary/aromatic N) is 1. The monoisotopic (exact) mass is 269 g/mol. The highest BCUT2D eigenvalue weighted by Gasteiger charge is 2.09. The minimum Gasteiger partial charge on any atom is -0.389 e. The van der Waals surface area contributed by atoms with Gasteiger partial charge in [0.2, 0.25) is 0 Å². The molecule has 0 fully saturated rings. The molecule has 0 aliphatic heterocycles. The lowest BCUT2D eigenvalue weighted by molar-refractivity contribution is 0.0420. The van der Waals surface area contributed by atoms with Crippen molar-refractivity contribution in [1.29, 1.82) is 0 Å². The smallest absolute Gasteiger partial charge is 0.104 e. The van der Waals surface area contributed by atoms with Gasteiger partial charge >= 0.3 is 0 Å². The van der Waals surface area contributed by atoms with Crippen LogP contribution in [0.3, 0.4) is 0 Å². The Hall–Kier alpha value is -0.900. The molecule has 1 aromatic heterocycles. The summed E-state index contributed by atoms with van der Waals surface area (Å²) in [5.41, 5.74) is 0.926. The fourth-order valence-corrected chi connectivity index (χ4v) is 2.50. The standard InChI is InChI=1S/C13H19NO3S/c1-14(7-12(16)9-17-2)8-13-6-11(10-18-13)4-3-5-15/h6,10,12,15-16H,5,7-9H2,1-2H3. The van der Waals surface area contributed by atoms with Crippen molar-refractivity contribution in [3.63, 3.8) is 0 Å². The van der Waals surface area contributed by atoms with Gasteiger partial charge in [-0.05, 0) is 13.1 Å². The lowest BCUT2D eigenvalue weighted by Crippen LogP contribution is -2.31. The summed E-state index contributed by atoms with van der Waals surface area (Å²) in [5, 5.41) is 20.2. The Morgan fingerprint density at radius 3 is 3.00 bits per heavy atom. The van der Waals surface area contributed by atoms with Crippen molar-refractivity contribution in [2.24, 2.45) is 0 Å². The van der Waals surface area contributed by atoms with Gasteiger partial charge in [0, 0.05) is 36.0 Å². The van der Waals surface area contributed by atoms with E-state index in [4.69, 9.17) is 9.84 Å². The summed E-state index contributed by atoms with van der Waals surface area (Å²) in [6.45, 7) is 1.58. The Morgan fingerprint density at radius 2 is 2.33 bits per heavy atom. The quantitative estimate of drug-likeness (QED) is 0.740. The Labute approximate surface area is 112 Å². The van der Waals surface area contributed by atoms with E-state index in [-0.39, 0.29) is 6.61 Å². The summed E-state index contributed by atoms with van der Waals surface area (Å²) in [7, 11) is 3.53. The van der Waals surface area contributed by atoms with Crippen molar-refractivity contribution < 1.29 is 14.9 Å². The Balaban J connectivity index is 2.44. The highest BCUT2D eigenvalue weighted by Crippen LogP contribution is 2.15. The summed E-state index contributed by atoms with van der Waals surface area (Å²) in [6, 6.07) is 2.01. The molecule has 0 amide bonds. The van der Waals surface area contributed by atoms with E-state index in [1.165, 1.54) is 4.88 Å². The maximum atomic E-state index is 9.61. The van der Waals surface area contributed by atoms with E-state index in [0.717, 1.165) is 12.1 Å². The summed E-state index contributed by atoms with van der Waals surface area (Å²) in [6.07, 6.45) is -0.464. The van der Waals surface area contributed by atoms with E-state index >= 15 is 0 Å². The number of hydrogen-bond donors (Lipinski definition) is 2. The number of aliphatic hydroxyl groups excluding tert-OH is 2. The molecule has 5 heteroatoms. The number of thiophene rings is 1. The normalized spacial score (nSPS) is 12.3. The molecule has 18 heavy (non-hydrogen) atoms. The van der Waals surface area contributed by atoms with Crippen LogP contribution in [-0.2, 0) is 11.3 Å². The largest absolute Gasteiger partial charge is 0.389 e. The molecule has 0 saturated heterocycles. The first-order valence-electron chi connectivity index (χ1n) is 5.68. The average Bonchev–Trinajstić information content (AvgIpc) is 2.74. The number of aliphatic hydroxyl groups is 2. The molecular weight excluding hydrogens is 250 g/mol. The first kappa shape index (κ1) is 15.2. The minimum atomic E-state index is -0.464. The summed E-state index contributed by atoms with van der Waals surface area (Å²) in [5.74, 6) is 5.49. The molecular formula is C13H19NO3S. The molecule has 1 aromatic rings. The highest BCUT2D eigenvalue weighted by atomic mass is 32.1. The molecule has 0 aromatic carbocycles. The van der Waals surface area contributed by atoms with Crippen LogP contribution in [0, 0.1) is 11.8 Å². The average molecular weight is 269 g/mol. The van der Waals surface area contributed by atoms with E-state index in [2.05, 4.69) is 11.8 Å². The van der Waals surface area contributed by atoms with Crippen LogP contribution >= 0.6 is 11.3 Å².